The maximum atomic E-state index is 5.97. The van der Waals surface area contributed by atoms with Crippen LogP contribution in [0.1, 0.15) is 12.5 Å². The number of hydrogen-bond donors (Lipinski definition) is 2. The average molecular weight is 285 g/mol. The number of aromatic amines is 1. The molecular formula is C15H13ClN4. The lowest BCUT2D eigenvalue weighted by Crippen LogP contribution is -2.00. The lowest BCUT2D eigenvalue weighted by Gasteiger charge is -2.01. The fourth-order valence-electron chi connectivity index (χ4n) is 1.92. The standard InChI is InChI=1S/C15H13ClN4/c1-10(11-5-4-6-12(16)9-11)19-20-15-17-13-7-2-3-8-14(13)18-15/h2-9H,1H3,(H2,17,18,20)/b19-10-. The number of fused-ring (bicyclic) bond motifs is 1. The number of nitrogens with zero attached hydrogens (tertiary/aromatic N) is 2. The second-order valence-corrected chi connectivity index (χ2v) is 4.86. The van der Waals surface area contributed by atoms with E-state index >= 15 is 0 Å². The molecule has 0 aliphatic rings. The number of anilines is 1. The van der Waals surface area contributed by atoms with E-state index in [1.807, 2.05) is 55.5 Å². The average Bonchev–Trinajstić information content (AvgIpc) is 2.87. The Morgan fingerprint density at radius 3 is 2.85 bits per heavy atom. The normalized spacial score (nSPS) is 11.8. The molecule has 0 amide bonds. The van der Waals surface area contributed by atoms with Crippen molar-refractivity contribution < 1.29 is 0 Å². The molecule has 0 saturated heterocycles. The number of H-pyrrole nitrogens is 1. The van der Waals surface area contributed by atoms with Gasteiger partial charge in [-0.1, -0.05) is 35.9 Å². The highest BCUT2D eigenvalue weighted by Crippen LogP contribution is 2.14. The number of hydrazone groups is 1. The lowest BCUT2D eigenvalue weighted by atomic mass is 10.1. The summed E-state index contributed by atoms with van der Waals surface area (Å²) in [5.74, 6) is 0.618. The molecule has 20 heavy (non-hydrogen) atoms. The van der Waals surface area contributed by atoms with E-state index in [-0.39, 0.29) is 0 Å². The Hall–Kier alpha value is -2.33. The molecule has 0 unspecified atom stereocenters. The van der Waals surface area contributed by atoms with E-state index in [0.29, 0.717) is 11.0 Å². The van der Waals surface area contributed by atoms with Gasteiger partial charge in [0, 0.05) is 5.02 Å². The predicted octanol–water partition coefficient (Wildman–Crippen LogP) is 4.05. The summed E-state index contributed by atoms with van der Waals surface area (Å²) in [4.78, 5) is 7.55. The van der Waals surface area contributed by atoms with Gasteiger partial charge in [0.1, 0.15) is 0 Å². The molecule has 0 saturated carbocycles. The molecule has 0 bridgehead atoms. The molecule has 0 spiro atoms. The van der Waals surface area contributed by atoms with Gasteiger partial charge in [-0.3, -0.25) is 0 Å². The number of halogens is 1. The summed E-state index contributed by atoms with van der Waals surface area (Å²) in [5.41, 5.74) is 6.63. The summed E-state index contributed by atoms with van der Waals surface area (Å²) >= 11 is 5.97. The number of imidazole rings is 1. The van der Waals surface area contributed by atoms with E-state index in [1.54, 1.807) is 0 Å². The Bertz CT molecular complexity index is 743. The number of rotatable bonds is 3. The van der Waals surface area contributed by atoms with Crippen molar-refractivity contribution in [1.82, 2.24) is 9.97 Å². The topological polar surface area (TPSA) is 53.1 Å². The molecule has 3 rings (SSSR count). The number of benzene rings is 2. The molecule has 4 nitrogen and oxygen atoms in total. The van der Waals surface area contributed by atoms with Crippen molar-refractivity contribution in [3.63, 3.8) is 0 Å². The predicted molar refractivity (Wildman–Crippen MR) is 83.4 cm³/mol. The van der Waals surface area contributed by atoms with Crippen LogP contribution in [0.25, 0.3) is 11.0 Å². The fraction of sp³-hybridized carbons (Fsp3) is 0.0667. The largest absolute Gasteiger partial charge is 0.323 e. The molecular weight excluding hydrogens is 272 g/mol. The van der Waals surface area contributed by atoms with Crippen LogP contribution in [0.2, 0.25) is 5.02 Å². The first-order valence-corrected chi connectivity index (χ1v) is 6.61. The van der Waals surface area contributed by atoms with Crippen LogP contribution < -0.4 is 5.43 Å². The highest BCUT2D eigenvalue weighted by Gasteiger charge is 2.01. The van der Waals surface area contributed by atoms with E-state index in [9.17, 15) is 0 Å². The number of aromatic nitrogens is 2. The van der Waals surface area contributed by atoms with Gasteiger partial charge in [0.2, 0.25) is 5.95 Å². The summed E-state index contributed by atoms with van der Waals surface area (Å²) < 4.78 is 0. The van der Waals surface area contributed by atoms with Gasteiger partial charge in [-0.05, 0) is 36.8 Å². The highest BCUT2D eigenvalue weighted by molar-refractivity contribution is 6.31. The third kappa shape index (κ3) is 2.65. The number of nitrogens with one attached hydrogen (secondary N) is 2. The summed E-state index contributed by atoms with van der Waals surface area (Å²) in [7, 11) is 0. The Balaban J connectivity index is 1.82. The third-order valence-corrected chi connectivity index (χ3v) is 3.20. The van der Waals surface area contributed by atoms with E-state index in [4.69, 9.17) is 11.6 Å². The first-order valence-electron chi connectivity index (χ1n) is 6.23. The summed E-state index contributed by atoms with van der Waals surface area (Å²) in [5, 5.41) is 5.01. The first kappa shape index (κ1) is 12.7. The Morgan fingerprint density at radius 1 is 1.20 bits per heavy atom. The van der Waals surface area contributed by atoms with Crippen LogP contribution in [0, 0.1) is 0 Å². The van der Waals surface area contributed by atoms with Gasteiger partial charge in [0.05, 0.1) is 16.7 Å². The molecule has 1 heterocycles. The monoisotopic (exact) mass is 284 g/mol. The second kappa shape index (κ2) is 5.35. The van der Waals surface area contributed by atoms with Gasteiger partial charge in [-0.15, -0.1) is 0 Å². The molecule has 1 aromatic heterocycles. The minimum Gasteiger partial charge on any atom is -0.323 e. The van der Waals surface area contributed by atoms with E-state index in [2.05, 4.69) is 20.5 Å². The third-order valence-electron chi connectivity index (χ3n) is 2.96. The van der Waals surface area contributed by atoms with Crippen LogP contribution in [0.4, 0.5) is 5.95 Å². The molecule has 2 N–H and O–H groups in total. The summed E-state index contributed by atoms with van der Waals surface area (Å²) in [6.07, 6.45) is 0. The minimum absolute atomic E-state index is 0.618. The molecule has 2 aromatic carbocycles. The Kier molecular flexibility index (Phi) is 3.39. The summed E-state index contributed by atoms with van der Waals surface area (Å²) in [6, 6.07) is 15.4. The smallest absolute Gasteiger partial charge is 0.222 e. The maximum absolute atomic E-state index is 5.97. The van der Waals surface area contributed by atoms with Crippen molar-refractivity contribution in [2.75, 3.05) is 5.43 Å². The van der Waals surface area contributed by atoms with E-state index in [1.165, 1.54) is 0 Å². The van der Waals surface area contributed by atoms with Gasteiger partial charge in [-0.25, -0.2) is 10.4 Å². The molecule has 0 atom stereocenters. The van der Waals surface area contributed by atoms with Crippen molar-refractivity contribution in [3.8, 4) is 0 Å². The van der Waals surface area contributed by atoms with Gasteiger partial charge in [0.25, 0.3) is 0 Å². The van der Waals surface area contributed by atoms with Crippen LogP contribution >= 0.6 is 11.6 Å². The van der Waals surface area contributed by atoms with Crippen molar-refractivity contribution in [2.45, 2.75) is 6.92 Å². The summed E-state index contributed by atoms with van der Waals surface area (Å²) in [6.45, 7) is 1.92. The molecule has 0 aliphatic heterocycles. The van der Waals surface area contributed by atoms with Crippen molar-refractivity contribution in [1.29, 1.82) is 0 Å². The SMILES string of the molecule is C/C(=N/Nc1nc2ccccc2[nH]1)c1cccc(Cl)c1. The van der Waals surface area contributed by atoms with Gasteiger partial charge < -0.3 is 4.98 Å². The second-order valence-electron chi connectivity index (χ2n) is 4.42. The van der Waals surface area contributed by atoms with Crippen LogP contribution in [0.15, 0.2) is 53.6 Å². The number of para-hydroxylation sites is 2. The molecule has 0 radical (unpaired) electrons. The van der Waals surface area contributed by atoms with E-state index in [0.717, 1.165) is 22.3 Å². The zero-order chi connectivity index (χ0) is 13.9. The Labute approximate surface area is 121 Å². The molecule has 0 fully saturated rings. The molecule has 3 aromatic rings. The van der Waals surface area contributed by atoms with Gasteiger partial charge in [0.15, 0.2) is 0 Å². The zero-order valence-corrected chi connectivity index (χ0v) is 11.6. The van der Waals surface area contributed by atoms with Crippen molar-refractivity contribution >= 4 is 34.3 Å². The van der Waals surface area contributed by atoms with Gasteiger partial charge >= 0.3 is 0 Å². The van der Waals surface area contributed by atoms with Crippen molar-refractivity contribution in [2.24, 2.45) is 5.10 Å². The van der Waals surface area contributed by atoms with Crippen LogP contribution in [0.5, 0.6) is 0 Å². The maximum Gasteiger partial charge on any atom is 0.222 e. The minimum atomic E-state index is 0.618. The zero-order valence-electron chi connectivity index (χ0n) is 10.9. The van der Waals surface area contributed by atoms with Crippen molar-refractivity contribution in [3.05, 3.63) is 59.1 Å². The quantitative estimate of drug-likeness (QED) is 0.563. The highest BCUT2D eigenvalue weighted by atomic mass is 35.5. The fourth-order valence-corrected chi connectivity index (χ4v) is 2.11. The van der Waals surface area contributed by atoms with Crippen LogP contribution in [0.3, 0.4) is 0 Å². The lowest BCUT2D eigenvalue weighted by molar-refractivity contribution is 1.20. The number of hydrogen-bond acceptors (Lipinski definition) is 3. The Morgan fingerprint density at radius 2 is 2.05 bits per heavy atom. The van der Waals surface area contributed by atoms with Gasteiger partial charge in [-0.2, -0.15) is 5.10 Å². The first-order chi connectivity index (χ1) is 9.72. The molecule has 100 valence electrons. The van der Waals surface area contributed by atoms with Crippen LogP contribution in [-0.4, -0.2) is 15.7 Å². The molecule has 5 heteroatoms. The van der Waals surface area contributed by atoms with Crippen LogP contribution in [-0.2, 0) is 0 Å². The molecule has 0 aliphatic carbocycles. The van der Waals surface area contributed by atoms with E-state index < -0.39 is 0 Å².